The molecule has 3 fully saturated rings. The topological polar surface area (TPSA) is 111 Å². The van der Waals surface area contributed by atoms with E-state index in [1.54, 1.807) is 28.6 Å². The van der Waals surface area contributed by atoms with Gasteiger partial charge >= 0.3 is 6.03 Å². The number of urea groups is 1. The van der Waals surface area contributed by atoms with Gasteiger partial charge in [-0.3, -0.25) is 9.80 Å². The number of aliphatic hydroxyl groups excluding tert-OH is 1. The number of benzene rings is 3. The van der Waals surface area contributed by atoms with Crippen LogP contribution >= 0.6 is 0 Å². The van der Waals surface area contributed by atoms with E-state index >= 15 is 9.18 Å². The monoisotopic (exact) mass is 702 g/mol. The van der Waals surface area contributed by atoms with Gasteiger partial charge in [0.05, 0.1) is 44.5 Å². The molecule has 4 unspecified atom stereocenters. The van der Waals surface area contributed by atoms with Crippen LogP contribution in [0, 0.1) is 11.6 Å². The Kier molecular flexibility index (Phi) is 10.0. The molecule has 14 heteroatoms. The molecule has 6 atom stereocenters. The number of nitrogens with one attached hydrogen (secondary N) is 1. The first kappa shape index (κ1) is 35.0. The van der Waals surface area contributed by atoms with Gasteiger partial charge < -0.3 is 19.9 Å². The molecule has 0 aliphatic carbocycles. The third-order valence-corrected chi connectivity index (χ3v) is 10.3. The first-order valence-corrected chi connectivity index (χ1v) is 17.4. The van der Waals surface area contributed by atoms with Crippen LogP contribution in [0.3, 0.4) is 0 Å². The summed E-state index contributed by atoms with van der Waals surface area (Å²) in [5.41, 5.74) is 0.556. The van der Waals surface area contributed by atoms with E-state index in [2.05, 4.69) is 20.3 Å². The zero-order chi connectivity index (χ0) is 35.7. The third kappa shape index (κ3) is 6.46. The van der Waals surface area contributed by atoms with Gasteiger partial charge in [0.25, 0.3) is 0 Å². The van der Waals surface area contributed by atoms with Gasteiger partial charge in [-0.15, -0.1) is 0 Å². The van der Waals surface area contributed by atoms with E-state index in [9.17, 15) is 9.50 Å². The number of aromatic nitrogens is 3. The lowest BCUT2D eigenvalue weighted by Gasteiger charge is -2.48. The molecule has 2 amide bonds. The van der Waals surface area contributed by atoms with Gasteiger partial charge in [0.1, 0.15) is 35.6 Å². The molecule has 0 radical (unpaired) electrons. The van der Waals surface area contributed by atoms with Gasteiger partial charge in [0.2, 0.25) is 0 Å². The minimum atomic E-state index is -1.28. The fourth-order valence-corrected chi connectivity index (χ4v) is 8.04. The highest BCUT2D eigenvalue weighted by Crippen LogP contribution is 2.46. The summed E-state index contributed by atoms with van der Waals surface area (Å²) in [7, 11) is 1.65. The van der Waals surface area contributed by atoms with E-state index in [0.29, 0.717) is 31.7 Å². The second-order valence-electron chi connectivity index (χ2n) is 13.4. The number of aliphatic hydroxyl groups is 1. The Hall–Kier alpha value is -4.47. The number of methoxy groups -OCH3 is 1. The zero-order valence-electron chi connectivity index (χ0n) is 29.0. The van der Waals surface area contributed by atoms with Crippen LogP contribution in [0.5, 0.6) is 5.75 Å². The first-order chi connectivity index (χ1) is 24.8. The number of hydrogen-bond acceptors (Lipinski definition) is 9. The van der Waals surface area contributed by atoms with E-state index < -0.39 is 41.7 Å². The van der Waals surface area contributed by atoms with Crippen molar-refractivity contribution in [1.29, 1.82) is 0 Å². The Morgan fingerprint density at radius 2 is 1.90 bits per heavy atom. The number of para-hydroxylation sites is 2. The minimum absolute atomic E-state index is 0.103. The van der Waals surface area contributed by atoms with E-state index in [0.717, 1.165) is 17.4 Å². The zero-order valence-corrected chi connectivity index (χ0v) is 29.0. The van der Waals surface area contributed by atoms with Crippen LogP contribution in [0.2, 0.25) is 0 Å². The maximum Gasteiger partial charge on any atom is 0.341 e. The van der Waals surface area contributed by atoms with Gasteiger partial charge in [-0.25, -0.2) is 28.3 Å². The molecule has 3 aliphatic heterocycles. The Bertz CT molecular complexity index is 1800. The number of hydrogen-bond donors (Lipinski definition) is 2. The van der Waals surface area contributed by atoms with Crippen molar-refractivity contribution in [2.45, 2.75) is 69.4 Å². The van der Waals surface area contributed by atoms with Crippen molar-refractivity contribution in [3.8, 4) is 5.75 Å². The number of nitrogens with zero attached hydrogens (tertiary/aromatic N) is 7. The minimum Gasteiger partial charge on any atom is -0.496 e. The molecule has 0 spiro atoms. The van der Waals surface area contributed by atoms with Crippen molar-refractivity contribution in [2.24, 2.45) is 0 Å². The Balaban J connectivity index is 1.39. The lowest BCUT2D eigenvalue weighted by Crippen LogP contribution is -2.63. The fourth-order valence-electron chi connectivity index (χ4n) is 8.04. The van der Waals surface area contributed by atoms with Crippen LogP contribution < -0.4 is 15.0 Å². The summed E-state index contributed by atoms with van der Waals surface area (Å²) in [4.78, 5) is 23.2. The van der Waals surface area contributed by atoms with Crippen molar-refractivity contribution in [2.75, 3.05) is 38.3 Å². The highest BCUT2D eigenvalue weighted by molar-refractivity contribution is 5.94. The summed E-state index contributed by atoms with van der Waals surface area (Å²) in [6.45, 7) is 5.67. The molecule has 1 aromatic heterocycles. The lowest BCUT2D eigenvalue weighted by atomic mass is 9.88. The highest BCUT2D eigenvalue weighted by Gasteiger charge is 2.58. The number of anilines is 1. The van der Waals surface area contributed by atoms with E-state index in [4.69, 9.17) is 9.47 Å². The molecule has 3 saturated heterocycles. The molecule has 3 aliphatic rings. The number of hydrazine groups is 1. The summed E-state index contributed by atoms with van der Waals surface area (Å²) >= 11 is 0. The van der Waals surface area contributed by atoms with Crippen molar-refractivity contribution in [1.82, 2.24) is 35.0 Å². The maximum absolute atomic E-state index is 15.8. The van der Waals surface area contributed by atoms with Crippen molar-refractivity contribution in [3.63, 3.8) is 0 Å². The van der Waals surface area contributed by atoms with Crippen LogP contribution in [0.25, 0.3) is 0 Å². The SMILES string of the molecule is CC[C@@H]([C@H](C)O)N1C(=O)N(c2ccccc2)C(N2CCNCC2c2ccccc2OC)N1C1COC(Cn2cncn2)(c2ccc(F)cc2F)C1. The van der Waals surface area contributed by atoms with Crippen molar-refractivity contribution in [3.05, 3.63) is 108 Å². The number of piperazine rings is 1. The molecule has 12 nitrogen and oxygen atoms in total. The second kappa shape index (κ2) is 14.6. The molecular weight excluding hydrogens is 658 g/mol. The second-order valence-corrected chi connectivity index (χ2v) is 13.4. The third-order valence-electron chi connectivity index (χ3n) is 10.3. The molecule has 0 bridgehead atoms. The summed E-state index contributed by atoms with van der Waals surface area (Å²) in [6.07, 6.45) is 2.06. The summed E-state index contributed by atoms with van der Waals surface area (Å²) in [5, 5.41) is 22.8. The van der Waals surface area contributed by atoms with Gasteiger partial charge in [-0.2, -0.15) is 10.1 Å². The van der Waals surface area contributed by atoms with Crippen LogP contribution in [0.4, 0.5) is 19.3 Å². The molecule has 0 saturated carbocycles. The quantitative estimate of drug-likeness (QED) is 0.234. The fraction of sp³-hybridized carbons (Fsp3) is 0.432. The van der Waals surface area contributed by atoms with Crippen LogP contribution in [0.15, 0.2) is 85.5 Å². The van der Waals surface area contributed by atoms with Crippen LogP contribution in [0.1, 0.15) is 43.9 Å². The van der Waals surface area contributed by atoms with Crippen LogP contribution in [-0.4, -0.2) is 98.6 Å². The lowest BCUT2D eigenvalue weighted by molar-refractivity contribution is -0.126. The molecule has 270 valence electrons. The number of amides is 2. The molecule has 7 rings (SSSR count). The smallest absolute Gasteiger partial charge is 0.341 e. The number of carbonyl (C=O) groups is 1. The molecule has 51 heavy (non-hydrogen) atoms. The summed E-state index contributed by atoms with van der Waals surface area (Å²) in [5.74, 6) is -0.699. The molecule has 4 heterocycles. The molecule has 4 aromatic rings. The number of carbonyl (C=O) groups excluding carboxylic acids is 1. The van der Waals surface area contributed by atoms with Crippen LogP contribution in [-0.2, 0) is 16.9 Å². The van der Waals surface area contributed by atoms with Gasteiger partial charge in [-0.1, -0.05) is 49.4 Å². The maximum atomic E-state index is 15.8. The van der Waals surface area contributed by atoms with Crippen molar-refractivity contribution >= 4 is 11.7 Å². The van der Waals surface area contributed by atoms with Crippen molar-refractivity contribution < 1.29 is 28.2 Å². The molecule has 3 aromatic carbocycles. The summed E-state index contributed by atoms with van der Waals surface area (Å²) in [6, 6.07) is 19.3. The van der Waals surface area contributed by atoms with Gasteiger partial charge in [-0.05, 0) is 37.6 Å². The predicted molar refractivity (Wildman–Crippen MR) is 185 cm³/mol. The normalized spacial score (nSPS) is 25.8. The first-order valence-electron chi connectivity index (χ1n) is 17.4. The highest BCUT2D eigenvalue weighted by atomic mass is 19.1. The predicted octanol–water partition coefficient (Wildman–Crippen LogP) is 4.50. The van der Waals surface area contributed by atoms with E-state index in [-0.39, 0.29) is 37.2 Å². The van der Waals surface area contributed by atoms with Gasteiger partial charge in [0.15, 0.2) is 6.29 Å². The van der Waals surface area contributed by atoms with E-state index in [1.807, 2.05) is 66.5 Å². The Morgan fingerprint density at radius 3 is 2.61 bits per heavy atom. The number of ether oxygens (including phenoxy) is 2. The largest absolute Gasteiger partial charge is 0.496 e. The van der Waals surface area contributed by atoms with E-state index in [1.165, 1.54) is 24.8 Å². The standard InChI is InChI=1S/C37H44F2N8O4/c1-4-32(25(2)48)47-36(49)45(27-10-6-5-7-11-27)35(44-17-16-40-20-33(44)29-12-8-9-13-34(29)50-3)46(47)28-19-37(51-21-28,22-43-24-41-23-42-43)30-15-14-26(38)18-31(30)39/h5-15,18,23-25,28,32-33,35,40,48H,4,16-17,19-22H2,1-3H3/t25-,28?,32-,33?,35?,37?/m0/s1. The molecule has 2 N–H and O–H groups in total. The Labute approximate surface area is 296 Å². The van der Waals surface area contributed by atoms with Gasteiger partial charge in [0, 0.05) is 48.9 Å². The number of rotatable bonds is 11. The Morgan fingerprint density at radius 1 is 1.12 bits per heavy atom. The average Bonchev–Trinajstić information content (AvgIpc) is 3.88. The average molecular weight is 703 g/mol. The number of halogens is 2. The summed E-state index contributed by atoms with van der Waals surface area (Å²) < 4.78 is 44.1. The molecular formula is C37H44F2N8O4.